The highest BCUT2D eigenvalue weighted by molar-refractivity contribution is 6.31. The molecule has 2 aromatic carbocycles. The van der Waals surface area contributed by atoms with E-state index in [1.165, 1.54) is 12.1 Å². The van der Waals surface area contributed by atoms with E-state index < -0.39 is 0 Å². The van der Waals surface area contributed by atoms with Crippen molar-refractivity contribution in [2.75, 3.05) is 18.5 Å². The molecule has 1 heterocycles. The van der Waals surface area contributed by atoms with E-state index in [-0.39, 0.29) is 5.82 Å². The van der Waals surface area contributed by atoms with Crippen LogP contribution in [-0.2, 0) is 6.54 Å². The zero-order chi connectivity index (χ0) is 14.7. The average Bonchev–Trinajstić information content (AvgIpc) is 2.73. The predicted octanol–water partition coefficient (Wildman–Crippen LogP) is 4.25. The third-order valence-corrected chi connectivity index (χ3v) is 3.61. The normalized spacial score (nSPS) is 13.6. The average molecular weight is 308 g/mol. The van der Waals surface area contributed by atoms with Crippen LogP contribution in [0.2, 0.25) is 5.02 Å². The van der Waals surface area contributed by atoms with Crippen molar-refractivity contribution < 1.29 is 13.9 Å². The highest BCUT2D eigenvalue weighted by atomic mass is 35.5. The molecular formula is C16H15ClFNO2. The van der Waals surface area contributed by atoms with Gasteiger partial charge in [-0.15, -0.1) is 0 Å². The van der Waals surface area contributed by atoms with Gasteiger partial charge in [-0.1, -0.05) is 11.6 Å². The van der Waals surface area contributed by atoms with Crippen molar-refractivity contribution in [3.8, 4) is 11.5 Å². The molecule has 3 rings (SSSR count). The second-order valence-corrected chi connectivity index (χ2v) is 5.21. The van der Waals surface area contributed by atoms with Crippen molar-refractivity contribution in [1.82, 2.24) is 0 Å². The lowest BCUT2D eigenvalue weighted by Gasteiger charge is -2.12. The number of benzene rings is 2. The number of fused-ring (bicyclic) bond motifs is 1. The molecule has 1 aliphatic heterocycles. The molecule has 0 aromatic heterocycles. The summed E-state index contributed by atoms with van der Waals surface area (Å²) in [7, 11) is 0. The summed E-state index contributed by atoms with van der Waals surface area (Å²) in [5.74, 6) is 1.18. The Morgan fingerprint density at radius 1 is 1.05 bits per heavy atom. The molecular weight excluding hydrogens is 293 g/mol. The zero-order valence-corrected chi connectivity index (χ0v) is 12.1. The Kier molecular flexibility index (Phi) is 4.15. The second-order valence-electron chi connectivity index (χ2n) is 4.80. The van der Waals surface area contributed by atoms with Gasteiger partial charge in [-0.2, -0.15) is 0 Å². The fraction of sp³-hybridized carbons (Fsp3) is 0.250. The topological polar surface area (TPSA) is 30.5 Å². The first-order valence-electron chi connectivity index (χ1n) is 6.80. The van der Waals surface area contributed by atoms with E-state index in [2.05, 4.69) is 5.32 Å². The minimum absolute atomic E-state index is 0.296. The minimum atomic E-state index is -0.296. The van der Waals surface area contributed by atoms with Gasteiger partial charge in [0.2, 0.25) is 0 Å². The van der Waals surface area contributed by atoms with Crippen LogP contribution in [0.15, 0.2) is 36.4 Å². The van der Waals surface area contributed by atoms with Crippen molar-refractivity contribution in [2.24, 2.45) is 0 Å². The first kappa shape index (κ1) is 14.0. The molecule has 0 saturated carbocycles. The van der Waals surface area contributed by atoms with Gasteiger partial charge in [0.05, 0.1) is 13.2 Å². The van der Waals surface area contributed by atoms with Gasteiger partial charge in [0.1, 0.15) is 5.82 Å². The van der Waals surface area contributed by atoms with Crippen molar-refractivity contribution in [3.05, 3.63) is 52.8 Å². The van der Waals surface area contributed by atoms with E-state index in [0.29, 0.717) is 30.3 Å². The zero-order valence-electron chi connectivity index (χ0n) is 11.4. The van der Waals surface area contributed by atoms with Crippen LogP contribution < -0.4 is 14.8 Å². The Hall–Kier alpha value is -1.94. The highest BCUT2D eigenvalue weighted by Gasteiger charge is 2.10. The van der Waals surface area contributed by atoms with Crippen LogP contribution in [0.3, 0.4) is 0 Å². The van der Waals surface area contributed by atoms with Gasteiger partial charge in [-0.25, -0.2) is 4.39 Å². The lowest BCUT2D eigenvalue weighted by atomic mass is 10.2. The molecule has 3 nitrogen and oxygen atoms in total. The number of nitrogens with one attached hydrogen (secondary N) is 1. The summed E-state index contributed by atoms with van der Waals surface area (Å²) < 4.78 is 24.4. The minimum Gasteiger partial charge on any atom is -0.490 e. The summed E-state index contributed by atoms with van der Waals surface area (Å²) in [6.45, 7) is 1.75. The lowest BCUT2D eigenvalue weighted by Crippen LogP contribution is -2.01. The lowest BCUT2D eigenvalue weighted by molar-refractivity contribution is 0.297. The van der Waals surface area contributed by atoms with E-state index in [1.54, 1.807) is 6.07 Å². The molecule has 1 aliphatic rings. The maximum absolute atomic E-state index is 13.2. The van der Waals surface area contributed by atoms with Crippen molar-refractivity contribution in [2.45, 2.75) is 13.0 Å². The molecule has 21 heavy (non-hydrogen) atoms. The van der Waals surface area contributed by atoms with Crippen LogP contribution >= 0.6 is 11.6 Å². The van der Waals surface area contributed by atoms with Gasteiger partial charge < -0.3 is 14.8 Å². The molecule has 0 saturated heterocycles. The molecule has 2 aromatic rings. The summed E-state index contributed by atoms with van der Waals surface area (Å²) in [5, 5.41) is 3.75. The summed E-state index contributed by atoms with van der Waals surface area (Å²) in [6, 6.07) is 9.99. The third-order valence-electron chi connectivity index (χ3n) is 3.24. The van der Waals surface area contributed by atoms with Crippen molar-refractivity contribution in [1.29, 1.82) is 0 Å². The molecule has 0 spiro atoms. The smallest absolute Gasteiger partial charge is 0.163 e. The quantitative estimate of drug-likeness (QED) is 0.919. The number of rotatable bonds is 3. The molecule has 110 valence electrons. The number of hydrogen-bond acceptors (Lipinski definition) is 3. The van der Waals surface area contributed by atoms with Crippen LogP contribution in [-0.4, -0.2) is 13.2 Å². The Morgan fingerprint density at radius 3 is 2.71 bits per heavy atom. The molecule has 5 heteroatoms. The highest BCUT2D eigenvalue weighted by Crippen LogP contribution is 2.32. The molecule has 0 fully saturated rings. The van der Waals surface area contributed by atoms with Crippen molar-refractivity contribution >= 4 is 17.3 Å². The molecule has 0 amide bonds. The SMILES string of the molecule is Fc1ccc(Cl)c(CNc2ccc3c(c2)OCCCO3)c1. The van der Waals surface area contributed by atoms with Crippen LogP contribution in [0.25, 0.3) is 0 Å². The van der Waals surface area contributed by atoms with E-state index in [9.17, 15) is 4.39 Å². The standard InChI is InChI=1S/C16H15ClFNO2/c17-14-4-2-12(18)8-11(14)10-19-13-3-5-15-16(9-13)21-7-1-6-20-15/h2-5,8-9,19H,1,6-7,10H2. The largest absolute Gasteiger partial charge is 0.490 e. The predicted molar refractivity (Wildman–Crippen MR) is 80.8 cm³/mol. The van der Waals surface area contributed by atoms with Gasteiger partial charge >= 0.3 is 0 Å². The summed E-state index contributed by atoms with van der Waals surface area (Å²) in [4.78, 5) is 0. The Morgan fingerprint density at radius 2 is 1.86 bits per heavy atom. The maximum atomic E-state index is 13.2. The van der Waals surface area contributed by atoms with Crippen LogP contribution in [0.5, 0.6) is 11.5 Å². The van der Waals surface area contributed by atoms with Gasteiger partial charge in [-0.3, -0.25) is 0 Å². The van der Waals surface area contributed by atoms with Gasteiger partial charge in [-0.05, 0) is 35.9 Å². The Bertz CT molecular complexity index is 648. The summed E-state index contributed by atoms with van der Waals surface area (Å²) in [5.41, 5.74) is 1.59. The van der Waals surface area contributed by atoms with E-state index >= 15 is 0 Å². The molecule has 0 bridgehead atoms. The van der Waals surface area contributed by atoms with E-state index in [1.807, 2.05) is 18.2 Å². The van der Waals surface area contributed by atoms with Crippen LogP contribution in [0.1, 0.15) is 12.0 Å². The first-order valence-corrected chi connectivity index (χ1v) is 7.17. The molecule has 0 unspecified atom stereocenters. The fourth-order valence-electron chi connectivity index (χ4n) is 2.15. The monoisotopic (exact) mass is 307 g/mol. The second kappa shape index (κ2) is 6.22. The fourth-order valence-corrected chi connectivity index (χ4v) is 2.33. The first-order chi connectivity index (χ1) is 10.2. The summed E-state index contributed by atoms with van der Waals surface area (Å²) >= 11 is 6.05. The van der Waals surface area contributed by atoms with Gasteiger partial charge in [0.15, 0.2) is 11.5 Å². The Labute approximate surface area is 127 Å². The summed E-state index contributed by atoms with van der Waals surface area (Å²) in [6.07, 6.45) is 0.871. The van der Waals surface area contributed by atoms with Crippen LogP contribution in [0, 0.1) is 5.82 Å². The van der Waals surface area contributed by atoms with Gasteiger partial charge in [0, 0.05) is 29.7 Å². The maximum Gasteiger partial charge on any atom is 0.163 e. The number of halogens is 2. The number of hydrogen-bond donors (Lipinski definition) is 1. The molecule has 0 radical (unpaired) electrons. The molecule has 1 N–H and O–H groups in total. The van der Waals surface area contributed by atoms with E-state index in [0.717, 1.165) is 23.6 Å². The van der Waals surface area contributed by atoms with Crippen LogP contribution in [0.4, 0.5) is 10.1 Å². The van der Waals surface area contributed by atoms with Gasteiger partial charge in [0.25, 0.3) is 0 Å². The number of ether oxygens (including phenoxy) is 2. The Balaban J connectivity index is 1.73. The van der Waals surface area contributed by atoms with Crippen molar-refractivity contribution in [3.63, 3.8) is 0 Å². The third kappa shape index (κ3) is 3.39. The molecule has 0 aliphatic carbocycles. The molecule has 0 atom stereocenters. The number of anilines is 1. The van der Waals surface area contributed by atoms with E-state index in [4.69, 9.17) is 21.1 Å².